The third-order valence-electron chi connectivity index (χ3n) is 6.14. The fraction of sp³-hybridized carbons (Fsp3) is 0.280. The Bertz CT molecular complexity index is 1290. The molecule has 0 saturated carbocycles. The molecule has 0 bridgehead atoms. The van der Waals surface area contributed by atoms with Gasteiger partial charge in [0.05, 0.1) is 18.1 Å². The largest absolute Gasteiger partial charge is 0.377 e. The van der Waals surface area contributed by atoms with Crippen molar-refractivity contribution in [1.29, 1.82) is 0 Å². The first-order valence-electron chi connectivity index (χ1n) is 11.2. The zero-order chi connectivity index (χ0) is 24.4. The Morgan fingerprint density at radius 1 is 1.29 bits per heavy atom. The molecule has 10 heteroatoms. The SMILES string of the molecule is CC(=O)Nc1cc(C2CC(C(O)(C3=CCOCC3)c3ccc(Cl)cc3)=C(c3ncn[nH]3)S2)ccn1. The first-order chi connectivity index (χ1) is 16.9. The van der Waals surface area contributed by atoms with E-state index in [1.165, 1.54) is 13.3 Å². The fourth-order valence-electron chi connectivity index (χ4n) is 4.54. The van der Waals surface area contributed by atoms with Crippen LogP contribution in [0.25, 0.3) is 4.91 Å². The van der Waals surface area contributed by atoms with E-state index in [0.29, 0.717) is 42.7 Å². The predicted molar refractivity (Wildman–Crippen MR) is 136 cm³/mol. The van der Waals surface area contributed by atoms with E-state index in [0.717, 1.165) is 27.2 Å². The standard InChI is InChI=1S/C25H24ClN5O3S/c1-15(32)30-22-12-16(6-9-27-22)21-13-20(23(35-21)24-28-14-29-31-24)25(33,18-7-10-34-11-8-18)17-2-4-19(26)5-3-17/h2-7,9,12,14,21,33H,8,10-11,13H2,1H3,(H,27,30,32)(H,28,29,31). The lowest BCUT2D eigenvalue weighted by Gasteiger charge is -2.35. The topological polar surface area (TPSA) is 113 Å². The lowest BCUT2D eigenvalue weighted by atomic mass is 9.75. The number of rotatable bonds is 6. The molecule has 0 spiro atoms. The summed E-state index contributed by atoms with van der Waals surface area (Å²) in [4.78, 5) is 21.1. The maximum Gasteiger partial charge on any atom is 0.222 e. The number of ether oxygens (including phenoxy) is 1. The van der Waals surface area contributed by atoms with Crippen molar-refractivity contribution >= 4 is 40.0 Å². The number of carbonyl (C=O) groups excluding carboxylic acids is 1. The molecule has 5 rings (SSSR count). The van der Waals surface area contributed by atoms with E-state index in [4.69, 9.17) is 16.3 Å². The fourth-order valence-corrected chi connectivity index (χ4v) is 6.07. The minimum atomic E-state index is -1.37. The molecule has 1 amide bonds. The van der Waals surface area contributed by atoms with Crippen molar-refractivity contribution < 1.29 is 14.6 Å². The van der Waals surface area contributed by atoms with Crippen molar-refractivity contribution in [1.82, 2.24) is 20.2 Å². The number of amides is 1. The summed E-state index contributed by atoms with van der Waals surface area (Å²) >= 11 is 7.79. The van der Waals surface area contributed by atoms with E-state index < -0.39 is 5.60 Å². The molecule has 2 aromatic heterocycles. The van der Waals surface area contributed by atoms with Gasteiger partial charge in [0.25, 0.3) is 0 Å². The Hall–Kier alpha value is -2.98. The van der Waals surface area contributed by atoms with Crippen LogP contribution in [0.1, 0.15) is 42.0 Å². The van der Waals surface area contributed by atoms with E-state index in [9.17, 15) is 9.90 Å². The third kappa shape index (κ3) is 4.77. The molecule has 0 saturated heterocycles. The maximum atomic E-state index is 12.5. The normalized spacial score (nSPS) is 19.9. The lowest BCUT2D eigenvalue weighted by Crippen LogP contribution is -2.33. The van der Waals surface area contributed by atoms with Gasteiger partial charge in [-0.25, -0.2) is 9.97 Å². The number of halogens is 1. The molecule has 2 atom stereocenters. The first-order valence-corrected chi connectivity index (χ1v) is 12.5. The molecule has 0 radical (unpaired) electrons. The smallest absolute Gasteiger partial charge is 0.222 e. The molecule has 0 fully saturated rings. The number of carbonyl (C=O) groups is 1. The summed E-state index contributed by atoms with van der Waals surface area (Å²) in [5, 5.41) is 22.9. The molecule has 180 valence electrons. The minimum absolute atomic E-state index is 0.0279. The maximum absolute atomic E-state index is 12.5. The summed E-state index contributed by atoms with van der Waals surface area (Å²) in [6.07, 6.45) is 6.26. The number of anilines is 1. The minimum Gasteiger partial charge on any atom is -0.377 e. The quantitative estimate of drug-likeness (QED) is 0.415. The number of nitrogens with zero attached hydrogens (tertiary/aromatic N) is 3. The first kappa shape index (κ1) is 23.7. The van der Waals surface area contributed by atoms with Crippen LogP contribution in [0.5, 0.6) is 0 Å². The molecule has 0 aliphatic carbocycles. The average Bonchev–Trinajstić information content (AvgIpc) is 3.55. The second kappa shape index (κ2) is 9.94. The number of nitrogens with one attached hydrogen (secondary N) is 2. The van der Waals surface area contributed by atoms with Crippen LogP contribution in [0.3, 0.4) is 0 Å². The summed E-state index contributed by atoms with van der Waals surface area (Å²) in [5.74, 6) is 0.910. The number of hydrogen-bond donors (Lipinski definition) is 3. The molecular formula is C25H24ClN5O3S. The molecule has 8 nitrogen and oxygen atoms in total. The Balaban J connectivity index is 1.62. The molecule has 1 aromatic carbocycles. The van der Waals surface area contributed by atoms with E-state index in [1.807, 2.05) is 30.3 Å². The highest BCUT2D eigenvalue weighted by atomic mass is 35.5. The van der Waals surface area contributed by atoms with Crippen LogP contribution in [-0.2, 0) is 15.1 Å². The van der Waals surface area contributed by atoms with Gasteiger partial charge in [0.1, 0.15) is 17.7 Å². The Morgan fingerprint density at radius 2 is 2.11 bits per heavy atom. The Morgan fingerprint density at radius 3 is 2.80 bits per heavy atom. The highest BCUT2D eigenvalue weighted by Crippen LogP contribution is 2.58. The molecule has 35 heavy (non-hydrogen) atoms. The van der Waals surface area contributed by atoms with E-state index >= 15 is 0 Å². The van der Waals surface area contributed by atoms with Crippen molar-refractivity contribution in [3.8, 4) is 0 Å². The van der Waals surface area contributed by atoms with Crippen LogP contribution in [0.4, 0.5) is 5.82 Å². The summed E-state index contributed by atoms with van der Waals surface area (Å²) in [7, 11) is 0. The van der Waals surface area contributed by atoms with Crippen LogP contribution in [-0.4, -0.2) is 44.4 Å². The van der Waals surface area contributed by atoms with Crippen LogP contribution in [0, 0.1) is 0 Å². The number of aliphatic hydroxyl groups is 1. The number of H-pyrrole nitrogens is 1. The van der Waals surface area contributed by atoms with Gasteiger partial charge in [-0.2, -0.15) is 5.10 Å². The van der Waals surface area contributed by atoms with Crippen molar-refractivity contribution in [2.24, 2.45) is 0 Å². The van der Waals surface area contributed by atoms with Crippen LogP contribution in [0.15, 0.2) is 66.1 Å². The van der Waals surface area contributed by atoms with Gasteiger partial charge in [-0.15, -0.1) is 11.8 Å². The molecule has 3 aromatic rings. The average molecular weight is 510 g/mol. The number of pyridine rings is 1. The monoisotopic (exact) mass is 509 g/mol. The Kier molecular flexibility index (Phi) is 6.75. The molecular weight excluding hydrogens is 486 g/mol. The zero-order valence-corrected chi connectivity index (χ0v) is 20.6. The van der Waals surface area contributed by atoms with Crippen LogP contribution < -0.4 is 5.32 Å². The van der Waals surface area contributed by atoms with Gasteiger partial charge in [0, 0.05) is 23.4 Å². The second-order valence-electron chi connectivity index (χ2n) is 8.38. The van der Waals surface area contributed by atoms with Crippen molar-refractivity contribution in [2.75, 3.05) is 18.5 Å². The number of benzene rings is 1. The van der Waals surface area contributed by atoms with Gasteiger partial charge >= 0.3 is 0 Å². The number of hydrogen-bond acceptors (Lipinski definition) is 7. The second-order valence-corrected chi connectivity index (χ2v) is 10.0. The third-order valence-corrected chi connectivity index (χ3v) is 7.79. The lowest BCUT2D eigenvalue weighted by molar-refractivity contribution is -0.114. The van der Waals surface area contributed by atoms with Gasteiger partial charge in [-0.1, -0.05) is 29.8 Å². The number of aromatic nitrogens is 4. The van der Waals surface area contributed by atoms with Gasteiger partial charge in [-0.3, -0.25) is 9.89 Å². The van der Waals surface area contributed by atoms with Crippen LogP contribution >= 0.6 is 23.4 Å². The molecule has 4 heterocycles. The summed E-state index contributed by atoms with van der Waals surface area (Å²) in [5.41, 5.74) is 2.06. The summed E-state index contributed by atoms with van der Waals surface area (Å²) in [6, 6.07) is 11.1. The summed E-state index contributed by atoms with van der Waals surface area (Å²) in [6.45, 7) is 2.43. The Labute approximate surface area is 211 Å². The molecule has 2 unspecified atom stereocenters. The van der Waals surface area contributed by atoms with E-state index in [2.05, 4.69) is 25.5 Å². The summed E-state index contributed by atoms with van der Waals surface area (Å²) < 4.78 is 5.55. The molecule has 3 N–H and O–H groups in total. The van der Waals surface area contributed by atoms with Crippen molar-refractivity contribution in [3.63, 3.8) is 0 Å². The highest BCUT2D eigenvalue weighted by molar-refractivity contribution is 8.08. The van der Waals surface area contributed by atoms with Crippen molar-refractivity contribution in [2.45, 2.75) is 30.6 Å². The van der Waals surface area contributed by atoms with Gasteiger partial charge in [-0.05, 0) is 59.4 Å². The van der Waals surface area contributed by atoms with E-state index in [1.54, 1.807) is 30.1 Å². The highest BCUT2D eigenvalue weighted by Gasteiger charge is 2.45. The number of thioether (sulfide) groups is 1. The number of aromatic amines is 1. The van der Waals surface area contributed by atoms with Crippen LogP contribution in [0.2, 0.25) is 5.02 Å². The van der Waals surface area contributed by atoms with E-state index in [-0.39, 0.29) is 11.2 Å². The molecule has 2 aliphatic heterocycles. The van der Waals surface area contributed by atoms with Gasteiger partial charge < -0.3 is 15.2 Å². The molecule has 2 aliphatic rings. The van der Waals surface area contributed by atoms with Crippen molar-refractivity contribution in [3.05, 3.63) is 88.1 Å². The predicted octanol–water partition coefficient (Wildman–Crippen LogP) is 4.64. The zero-order valence-electron chi connectivity index (χ0n) is 19.0. The van der Waals surface area contributed by atoms with Gasteiger partial charge in [0.15, 0.2) is 5.82 Å². The van der Waals surface area contributed by atoms with Gasteiger partial charge in [0.2, 0.25) is 5.91 Å².